The number of likely N-dealkylation sites (tertiary alicyclic amines) is 1. The Balaban J connectivity index is 1.80. The van der Waals surface area contributed by atoms with Crippen molar-refractivity contribution < 1.29 is 0 Å². The quantitative estimate of drug-likeness (QED) is 0.793. The molecule has 15 heavy (non-hydrogen) atoms. The summed E-state index contributed by atoms with van der Waals surface area (Å²) in [5.74, 6) is 0.816. The summed E-state index contributed by atoms with van der Waals surface area (Å²) in [4.78, 5) is 10.4. The average molecular weight is 227 g/mol. The summed E-state index contributed by atoms with van der Waals surface area (Å²) in [5, 5.41) is 3.81. The van der Waals surface area contributed by atoms with Gasteiger partial charge in [0.2, 0.25) is 0 Å². The van der Waals surface area contributed by atoms with Crippen LogP contribution in [-0.2, 0) is 0 Å². The van der Waals surface area contributed by atoms with Crippen LogP contribution in [0.1, 0.15) is 13.3 Å². The third kappa shape index (κ3) is 2.79. The van der Waals surface area contributed by atoms with Gasteiger partial charge in [0.15, 0.2) is 0 Å². The molecule has 0 aliphatic carbocycles. The second-order valence-corrected chi connectivity index (χ2v) is 4.21. The lowest BCUT2D eigenvalue weighted by Gasteiger charge is -2.39. The van der Waals surface area contributed by atoms with Gasteiger partial charge >= 0.3 is 0 Å². The molecule has 0 atom stereocenters. The van der Waals surface area contributed by atoms with Gasteiger partial charge in [-0.25, -0.2) is 9.97 Å². The van der Waals surface area contributed by atoms with Crippen LogP contribution in [0, 0.1) is 0 Å². The monoisotopic (exact) mass is 226 g/mol. The van der Waals surface area contributed by atoms with Crippen molar-refractivity contribution in [3.05, 3.63) is 17.5 Å². The highest BCUT2D eigenvalue weighted by Gasteiger charge is 2.25. The van der Waals surface area contributed by atoms with Crippen molar-refractivity contribution in [2.24, 2.45) is 0 Å². The topological polar surface area (TPSA) is 41.0 Å². The molecular formula is C10H15ClN4. The first-order valence-corrected chi connectivity index (χ1v) is 5.62. The van der Waals surface area contributed by atoms with Gasteiger partial charge in [-0.2, -0.15) is 0 Å². The second-order valence-electron chi connectivity index (χ2n) is 3.83. The van der Waals surface area contributed by atoms with Gasteiger partial charge in [-0.05, 0) is 13.0 Å². The number of aromatic nitrogens is 2. The minimum Gasteiger partial charge on any atom is -0.365 e. The number of nitrogens with one attached hydrogen (secondary N) is 1. The van der Waals surface area contributed by atoms with Gasteiger partial charge in [-0.3, -0.25) is 4.90 Å². The predicted molar refractivity (Wildman–Crippen MR) is 61.2 cm³/mol. The molecule has 1 saturated heterocycles. The molecule has 82 valence electrons. The van der Waals surface area contributed by atoms with Crippen LogP contribution < -0.4 is 5.32 Å². The van der Waals surface area contributed by atoms with Gasteiger partial charge in [-0.1, -0.05) is 18.5 Å². The van der Waals surface area contributed by atoms with E-state index in [0.29, 0.717) is 11.2 Å². The second kappa shape index (κ2) is 4.77. The number of halogens is 1. The van der Waals surface area contributed by atoms with Crippen molar-refractivity contribution in [1.29, 1.82) is 0 Å². The van der Waals surface area contributed by atoms with Crippen LogP contribution in [0.3, 0.4) is 0 Å². The fourth-order valence-electron chi connectivity index (χ4n) is 1.78. The zero-order valence-corrected chi connectivity index (χ0v) is 9.54. The first kappa shape index (κ1) is 10.6. The first-order valence-electron chi connectivity index (χ1n) is 5.24. The Labute approximate surface area is 94.7 Å². The van der Waals surface area contributed by atoms with Crippen molar-refractivity contribution in [1.82, 2.24) is 14.9 Å². The molecule has 0 spiro atoms. The summed E-state index contributed by atoms with van der Waals surface area (Å²) in [6.07, 6.45) is 2.69. The SMILES string of the molecule is CCCN1CC(Nc2cc(Cl)ncn2)C1. The van der Waals surface area contributed by atoms with Crippen LogP contribution in [0.2, 0.25) is 5.15 Å². The van der Waals surface area contributed by atoms with Crippen molar-refractivity contribution in [3.8, 4) is 0 Å². The molecule has 2 heterocycles. The molecule has 0 bridgehead atoms. The molecule has 1 N–H and O–H groups in total. The van der Waals surface area contributed by atoms with E-state index < -0.39 is 0 Å². The maximum Gasteiger partial charge on any atom is 0.134 e. The molecule has 5 heteroatoms. The summed E-state index contributed by atoms with van der Waals surface area (Å²) in [6, 6.07) is 2.26. The summed E-state index contributed by atoms with van der Waals surface area (Å²) < 4.78 is 0. The summed E-state index contributed by atoms with van der Waals surface area (Å²) >= 11 is 5.77. The van der Waals surface area contributed by atoms with Gasteiger partial charge in [0.25, 0.3) is 0 Å². The fourth-order valence-corrected chi connectivity index (χ4v) is 1.93. The molecular weight excluding hydrogens is 212 g/mol. The van der Waals surface area contributed by atoms with E-state index in [4.69, 9.17) is 11.6 Å². The summed E-state index contributed by atoms with van der Waals surface area (Å²) in [7, 11) is 0. The summed E-state index contributed by atoms with van der Waals surface area (Å²) in [5.41, 5.74) is 0. The van der Waals surface area contributed by atoms with Crippen LogP contribution in [0.5, 0.6) is 0 Å². The Morgan fingerprint density at radius 3 is 3.00 bits per heavy atom. The van der Waals surface area contributed by atoms with E-state index in [1.165, 1.54) is 19.3 Å². The van der Waals surface area contributed by atoms with Crippen molar-refractivity contribution in [2.45, 2.75) is 19.4 Å². The minimum absolute atomic E-state index is 0.484. The molecule has 0 aromatic carbocycles. The number of hydrogen-bond donors (Lipinski definition) is 1. The molecule has 0 amide bonds. The lowest BCUT2D eigenvalue weighted by molar-refractivity contribution is 0.162. The third-order valence-electron chi connectivity index (χ3n) is 2.48. The van der Waals surface area contributed by atoms with Crippen LogP contribution >= 0.6 is 11.6 Å². The lowest BCUT2D eigenvalue weighted by Crippen LogP contribution is -2.54. The number of rotatable bonds is 4. The normalized spacial score (nSPS) is 17.5. The molecule has 0 saturated carbocycles. The highest BCUT2D eigenvalue weighted by Crippen LogP contribution is 2.15. The molecule has 4 nitrogen and oxygen atoms in total. The Morgan fingerprint density at radius 1 is 1.53 bits per heavy atom. The number of nitrogens with zero attached hydrogens (tertiary/aromatic N) is 3. The van der Waals surface area contributed by atoms with Crippen LogP contribution in [0.25, 0.3) is 0 Å². The molecule has 1 aliphatic rings. The maximum atomic E-state index is 5.77. The van der Waals surface area contributed by atoms with E-state index in [0.717, 1.165) is 18.9 Å². The molecule has 1 aromatic heterocycles. The van der Waals surface area contributed by atoms with Crippen molar-refractivity contribution in [3.63, 3.8) is 0 Å². The number of anilines is 1. The molecule has 0 radical (unpaired) electrons. The standard InChI is InChI=1S/C10H15ClN4/c1-2-3-15-5-8(6-15)14-10-4-9(11)12-7-13-10/h4,7-8H,2-3,5-6H2,1H3,(H,12,13,14). The summed E-state index contributed by atoms with van der Waals surface area (Å²) in [6.45, 7) is 5.57. The molecule has 1 aromatic rings. The Bertz CT molecular complexity index is 325. The molecule has 1 fully saturated rings. The van der Waals surface area contributed by atoms with Crippen molar-refractivity contribution in [2.75, 3.05) is 25.0 Å². The highest BCUT2D eigenvalue weighted by atomic mass is 35.5. The van der Waals surface area contributed by atoms with Crippen LogP contribution in [0.15, 0.2) is 12.4 Å². The zero-order valence-electron chi connectivity index (χ0n) is 8.78. The maximum absolute atomic E-state index is 5.77. The predicted octanol–water partition coefficient (Wildman–Crippen LogP) is 1.64. The zero-order chi connectivity index (χ0) is 10.7. The highest BCUT2D eigenvalue weighted by molar-refractivity contribution is 6.29. The van der Waals surface area contributed by atoms with Gasteiger partial charge < -0.3 is 5.32 Å². The van der Waals surface area contributed by atoms with E-state index in [-0.39, 0.29) is 0 Å². The van der Waals surface area contributed by atoms with Gasteiger partial charge in [0, 0.05) is 19.2 Å². The van der Waals surface area contributed by atoms with Crippen LogP contribution in [-0.4, -0.2) is 40.5 Å². The van der Waals surface area contributed by atoms with E-state index >= 15 is 0 Å². The van der Waals surface area contributed by atoms with Gasteiger partial charge in [0.05, 0.1) is 6.04 Å². The Hall–Kier alpha value is -0.870. The molecule has 2 rings (SSSR count). The number of hydrogen-bond acceptors (Lipinski definition) is 4. The fraction of sp³-hybridized carbons (Fsp3) is 0.600. The largest absolute Gasteiger partial charge is 0.365 e. The smallest absolute Gasteiger partial charge is 0.134 e. The van der Waals surface area contributed by atoms with E-state index in [1.807, 2.05) is 0 Å². The van der Waals surface area contributed by atoms with Gasteiger partial charge in [0.1, 0.15) is 17.3 Å². The molecule has 0 unspecified atom stereocenters. The Kier molecular flexibility index (Phi) is 3.38. The Morgan fingerprint density at radius 2 is 2.33 bits per heavy atom. The third-order valence-corrected chi connectivity index (χ3v) is 2.69. The van der Waals surface area contributed by atoms with E-state index in [1.54, 1.807) is 6.07 Å². The van der Waals surface area contributed by atoms with Gasteiger partial charge in [-0.15, -0.1) is 0 Å². The van der Waals surface area contributed by atoms with Crippen LogP contribution in [0.4, 0.5) is 5.82 Å². The van der Waals surface area contributed by atoms with E-state index in [2.05, 4.69) is 27.1 Å². The van der Waals surface area contributed by atoms with Crippen molar-refractivity contribution >= 4 is 17.4 Å². The minimum atomic E-state index is 0.484. The average Bonchev–Trinajstić information content (AvgIpc) is 2.15. The van der Waals surface area contributed by atoms with E-state index in [9.17, 15) is 0 Å². The first-order chi connectivity index (χ1) is 7.28. The lowest BCUT2D eigenvalue weighted by atomic mass is 10.1. The molecule has 1 aliphatic heterocycles.